The van der Waals surface area contributed by atoms with Crippen molar-refractivity contribution < 1.29 is 14.0 Å². The zero-order chi connectivity index (χ0) is 20.5. The van der Waals surface area contributed by atoms with Gasteiger partial charge in [-0.05, 0) is 50.2 Å². The van der Waals surface area contributed by atoms with Crippen molar-refractivity contribution in [3.8, 4) is 0 Å². The molecule has 0 aliphatic rings. The number of hydrogen-bond acceptors (Lipinski definition) is 4. The van der Waals surface area contributed by atoms with Crippen molar-refractivity contribution in [3.63, 3.8) is 0 Å². The van der Waals surface area contributed by atoms with E-state index in [1.807, 2.05) is 44.3 Å². The molecule has 2 rings (SSSR count). The number of amides is 2. The Balaban J connectivity index is 1.71. The fourth-order valence-electron chi connectivity index (χ4n) is 2.45. The number of rotatable bonds is 9. The molecule has 2 aromatic rings. The molecule has 0 radical (unpaired) electrons. The Hall–Kier alpha value is -2.54. The number of para-hydroxylation sites is 1. The molecule has 0 spiro atoms. The maximum atomic E-state index is 12.9. The fraction of sp³-hybridized carbons (Fsp3) is 0.333. The molecule has 0 bridgehead atoms. The number of hydrogen-bond donors (Lipinski definition) is 2. The summed E-state index contributed by atoms with van der Waals surface area (Å²) in [6, 6.07) is 15.7. The molecule has 0 aliphatic heterocycles. The van der Waals surface area contributed by atoms with Crippen LogP contribution in [0.5, 0.6) is 0 Å². The van der Waals surface area contributed by atoms with Gasteiger partial charge in [-0.1, -0.05) is 18.2 Å². The maximum absolute atomic E-state index is 12.9. The second-order valence-corrected chi connectivity index (χ2v) is 7.88. The number of nitrogens with zero attached hydrogens (tertiary/aromatic N) is 1. The third-order valence-electron chi connectivity index (χ3n) is 4.36. The highest BCUT2D eigenvalue weighted by molar-refractivity contribution is 8.01. The molecule has 2 amide bonds. The highest BCUT2D eigenvalue weighted by atomic mass is 32.2. The maximum Gasteiger partial charge on any atom is 0.234 e. The number of likely N-dealkylation sites (N-methyl/N-ethyl adjacent to an activating group) is 1. The lowest BCUT2D eigenvalue weighted by Crippen LogP contribution is -2.42. The molecule has 0 fully saturated rings. The Morgan fingerprint density at radius 3 is 2.36 bits per heavy atom. The van der Waals surface area contributed by atoms with Gasteiger partial charge in [-0.3, -0.25) is 9.59 Å². The second kappa shape index (κ2) is 10.7. The van der Waals surface area contributed by atoms with Crippen molar-refractivity contribution in [2.75, 3.05) is 29.6 Å². The van der Waals surface area contributed by atoms with Crippen LogP contribution in [-0.4, -0.2) is 42.5 Å². The monoisotopic (exact) mass is 403 g/mol. The van der Waals surface area contributed by atoms with Crippen LogP contribution in [0.3, 0.4) is 0 Å². The minimum absolute atomic E-state index is 0.104. The van der Waals surface area contributed by atoms with Crippen LogP contribution in [0.2, 0.25) is 0 Å². The van der Waals surface area contributed by atoms with Crippen LogP contribution in [0.15, 0.2) is 54.6 Å². The Morgan fingerprint density at radius 2 is 1.71 bits per heavy atom. The molecule has 0 aliphatic carbocycles. The van der Waals surface area contributed by atoms with Crippen molar-refractivity contribution in [2.45, 2.75) is 25.1 Å². The number of halogens is 1. The number of carbonyl (C=O) groups is 2. The first-order valence-electron chi connectivity index (χ1n) is 9.09. The first-order chi connectivity index (χ1) is 13.4. The predicted octanol–water partition coefficient (Wildman–Crippen LogP) is 3.53. The molecule has 5 nitrogen and oxygen atoms in total. The minimum Gasteiger partial charge on any atom is -0.370 e. The van der Waals surface area contributed by atoms with Gasteiger partial charge in [-0.25, -0.2) is 4.39 Å². The first kappa shape index (κ1) is 21.8. The zero-order valence-electron chi connectivity index (χ0n) is 16.3. The molecule has 2 unspecified atom stereocenters. The van der Waals surface area contributed by atoms with E-state index >= 15 is 0 Å². The molecule has 0 saturated carbocycles. The summed E-state index contributed by atoms with van der Waals surface area (Å²) >= 11 is 1.26. The first-order valence-corrected chi connectivity index (χ1v) is 10.1. The number of benzene rings is 2. The predicted molar refractivity (Wildman–Crippen MR) is 114 cm³/mol. The molecular formula is C21H26FN3O2S. The summed E-state index contributed by atoms with van der Waals surface area (Å²) in [5, 5.41) is 5.27. The molecular weight excluding hydrogens is 377 g/mol. The molecule has 150 valence electrons. The van der Waals surface area contributed by atoms with Gasteiger partial charge in [0.2, 0.25) is 11.8 Å². The summed E-state index contributed by atoms with van der Waals surface area (Å²) in [5.74, 6) is -0.544. The van der Waals surface area contributed by atoms with Gasteiger partial charge in [-0.15, -0.1) is 11.8 Å². The summed E-state index contributed by atoms with van der Waals surface area (Å²) in [6.45, 7) is 4.33. The van der Waals surface area contributed by atoms with Crippen LogP contribution >= 0.6 is 11.8 Å². The molecule has 2 aromatic carbocycles. The minimum atomic E-state index is -0.357. The smallest absolute Gasteiger partial charge is 0.234 e. The molecule has 7 heteroatoms. The van der Waals surface area contributed by atoms with Crippen molar-refractivity contribution in [2.24, 2.45) is 0 Å². The fourth-order valence-corrected chi connectivity index (χ4v) is 3.16. The van der Waals surface area contributed by atoms with Crippen molar-refractivity contribution in [1.29, 1.82) is 0 Å². The molecule has 0 aromatic heterocycles. The van der Waals surface area contributed by atoms with Crippen LogP contribution < -0.4 is 15.5 Å². The average molecular weight is 404 g/mol. The SMILES string of the molecule is CC(SCC(=O)Nc1ccc(F)cc1)C(=O)NCC(C)N(C)c1ccccc1. The van der Waals surface area contributed by atoms with Crippen molar-refractivity contribution in [3.05, 3.63) is 60.4 Å². The third kappa shape index (κ3) is 6.88. The van der Waals surface area contributed by atoms with Crippen molar-refractivity contribution >= 4 is 35.0 Å². The number of thioether (sulfide) groups is 1. The molecule has 2 atom stereocenters. The van der Waals surface area contributed by atoms with Gasteiger partial charge in [-0.2, -0.15) is 0 Å². The van der Waals surface area contributed by atoms with Gasteiger partial charge >= 0.3 is 0 Å². The molecule has 28 heavy (non-hydrogen) atoms. The molecule has 0 saturated heterocycles. The largest absolute Gasteiger partial charge is 0.370 e. The number of anilines is 2. The molecule has 2 N–H and O–H groups in total. The Labute approximate surface area is 169 Å². The summed E-state index contributed by atoms with van der Waals surface area (Å²) < 4.78 is 12.9. The Kier molecular flexibility index (Phi) is 8.32. The van der Waals surface area contributed by atoms with Crippen molar-refractivity contribution in [1.82, 2.24) is 5.32 Å². The van der Waals surface area contributed by atoms with E-state index in [4.69, 9.17) is 0 Å². The second-order valence-electron chi connectivity index (χ2n) is 6.55. The number of nitrogens with one attached hydrogen (secondary N) is 2. The summed E-state index contributed by atoms with van der Waals surface area (Å²) in [6.07, 6.45) is 0. The van der Waals surface area contributed by atoms with E-state index in [1.54, 1.807) is 6.92 Å². The Bertz CT molecular complexity index is 771. The Morgan fingerprint density at radius 1 is 1.07 bits per heavy atom. The van der Waals surface area contributed by atoms with Gasteiger partial charge in [0.1, 0.15) is 5.82 Å². The lowest BCUT2D eigenvalue weighted by molar-refractivity contribution is -0.120. The topological polar surface area (TPSA) is 61.4 Å². The van der Waals surface area contributed by atoms with E-state index in [-0.39, 0.29) is 34.7 Å². The quantitative estimate of drug-likeness (QED) is 0.672. The van der Waals surface area contributed by atoms with Crippen LogP contribution in [-0.2, 0) is 9.59 Å². The van der Waals surface area contributed by atoms with Crippen LogP contribution in [0.4, 0.5) is 15.8 Å². The van der Waals surface area contributed by atoms with Crippen LogP contribution in [0.1, 0.15) is 13.8 Å². The summed E-state index contributed by atoms with van der Waals surface area (Å²) in [4.78, 5) is 26.4. The summed E-state index contributed by atoms with van der Waals surface area (Å²) in [5.41, 5.74) is 1.62. The third-order valence-corrected chi connectivity index (χ3v) is 5.50. The van der Waals surface area contributed by atoms with E-state index in [0.717, 1.165) is 5.69 Å². The van der Waals surface area contributed by atoms with Crippen LogP contribution in [0, 0.1) is 5.82 Å². The van der Waals surface area contributed by atoms with E-state index in [9.17, 15) is 14.0 Å². The number of carbonyl (C=O) groups excluding carboxylic acids is 2. The highest BCUT2D eigenvalue weighted by Crippen LogP contribution is 2.15. The summed E-state index contributed by atoms with van der Waals surface area (Å²) in [7, 11) is 1.99. The standard InChI is InChI=1S/C21H26FN3O2S/c1-15(25(3)19-7-5-4-6-8-19)13-23-21(27)16(2)28-14-20(26)24-18-11-9-17(22)10-12-18/h4-12,15-16H,13-14H2,1-3H3,(H,23,27)(H,24,26). The van der Waals surface area contributed by atoms with Gasteiger partial charge in [0.05, 0.1) is 11.0 Å². The highest BCUT2D eigenvalue weighted by Gasteiger charge is 2.17. The van der Waals surface area contributed by atoms with Gasteiger partial charge in [0.25, 0.3) is 0 Å². The zero-order valence-corrected chi connectivity index (χ0v) is 17.1. The molecule has 0 heterocycles. The lowest BCUT2D eigenvalue weighted by atomic mass is 10.2. The van der Waals surface area contributed by atoms with Gasteiger partial charge in [0.15, 0.2) is 0 Å². The van der Waals surface area contributed by atoms with Gasteiger partial charge < -0.3 is 15.5 Å². The normalized spacial score (nSPS) is 12.7. The van der Waals surface area contributed by atoms with Gasteiger partial charge in [0, 0.05) is 31.0 Å². The average Bonchev–Trinajstić information content (AvgIpc) is 2.71. The van der Waals surface area contributed by atoms with E-state index in [1.165, 1.54) is 36.0 Å². The van der Waals surface area contributed by atoms with E-state index in [2.05, 4.69) is 15.5 Å². The van der Waals surface area contributed by atoms with Crippen LogP contribution in [0.25, 0.3) is 0 Å². The van der Waals surface area contributed by atoms with E-state index < -0.39 is 0 Å². The lowest BCUT2D eigenvalue weighted by Gasteiger charge is -2.27. The van der Waals surface area contributed by atoms with E-state index in [0.29, 0.717) is 12.2 Å².